The third-order valence-electron chi connectivity index (χ3n) is 4.18. The van der Waals surface area contributed by atoms with E-state index in [4.69, 9.17) is 15.0 Å². The lowest BCUT2D eigenvalue weighted by Crippen LogP contribution is -2.31. The van der Waals surface area contributed by atoms with Crippen LogP contribution >= 0.6 is 0 Å². The third kappa shape index (κ3) is 4.05. The van der Waals surface area contributed by atoms with Crippen molar-refractivity contribution in [2.75, 3.05) is 19.6 Å². The largest absolute Gasteiger partial charge is 0.485 e. The Bertz CT molecular complexity index is 646. The number of rotatable bonds is 6. The molecule has 1 aromatic heterocycles. The number of nitrogens with two attached hydrogens (primary N) is 1. The summed E-state index contributed by atoms with van der Waals surface area (Å²) in [5, 5.41) is 3.91. The minimum Gasteiger partial charge on any atom is -0.485 e. The smallest absolute Gasteiger partial charge is 0.240 e. The Morgan fingerprint density at radius 1 is 1.39 bits per heavy atom. The average molecular weight is 320 g/mol. The molecule has 1 fully saturated rings. The molecule has 0 radical (unpaired) electrons. The molecule has 2 aromatic rings. The Morgan fingerprint density at radius 2 is 2.17 bits per heavy atom. The zero-order valence-corrected chi connectivity index (χ0v) is 13.2. The predicted octanol–water partition coefficient (Wildman–Crippen LogP) is 1.96. The topological polar surface area (TPSA) is 77.4 Å². The Kier molecular flexibility index (Phi) is 4.58. The molecular weight excluding hydrogens is 299 g/mol. The fourth-order valence-corrected chi connectivity index (χ4v) is 2.71. The van der Waals surface area contributed by atoms with E-state index < -0.39 is 0 Å². The molecule has 1 unspecified atom stereocenters. The molecule has 7 heteroatoms. The number of hydrogen-bond acceptors (Lipinski definition) is 6. The van der Waals surface area contributed by atoms with Crippen molar-refractivity contribution in [1.29, 1.82) is 0 Å². The Hall–Kier alpha value is -1.99. The van der Waals surface area contributed by atoms with Crippen molar-refractivity contribution in [2.24, 2.45) is 11.1 Å². The maximum atomic E-state index is 12.8. The van der Waals surface area contributed by atoms with Crippen molar-refractivity contribution in [2.45, 2.75) is 26.5 Å². The van der Waals surface area contributed by atoms with Gasteiger partial charge in [0.15, 0.2) is 6.61 Å². The maximum absolute atomic E-state index is 12.8. The van der Waals surface area contributed by atoms with E-state index in [2.05, 4.69) is 22.0 Å². The highest BCUT2D eigenvalue weighted by atomic mass is 19.1. The Labute approximate surface area is 134 Å². The highest BCUT2D eigenvalue weighted by Crippen LogP contribution is 2.29. The molecule has 2 heterocycles. The molecule has 3 rings (SSSR count). The minimum atomic E-state index is -0.297. The van der Waals surface area contributed by atoms with Crippen molar-refractivity contribution in [3.05, 3.63) is 41.8 Å². The van der Waals surface area contributed by atoms with Crippen molar-refractivity contribution < 1.29 is 13.7 Å². The molecular formula is C16H21FN4O2. The van der Waals surface area contributed by atoms with Gasteiger partial charge in [0.2, 0.25) is 11.7 Å². The van der Waals surface area contributed by atoms with Gasteiger partial charge in [-0.3, -0.25) is 4.90 Å². The van der Waals surface area contributed by atoms with Crippen LogP contribution in [-0.2, 0) is 13.2 Å². The summed E-state index contributed by atoms with van der Waals surface area (Å²) < 4.78 is 23.6. The lowest BCUT2D eigenvalue weighted by molar-refractivity contribution is 0.237. The molecule has 1 aliphatic rings. The number of halogens is 1. The molecule has 124 valence electrons. The van der Waals surface area contributed by atoms with Crippen LogP contribution in [-0.4, -0.2) is 34.7 Å². The number of hydrogen-bond donors (Lipinski definition) is 1. The fraction of sp³-hybridized carbons (Fsp3) is 0.500. The maximum Gasteiger partial charge on any atom is 0.240 e. The van der Waals surface area contributed by atoms with Crippen molar-refractivity contribution >= 4 is 0 Å². The molecule has 0 amide bonds. The number of ether oxygens (including phenoxy) is 1. The van der Waals surface area contributed by atoms with Crippen molar-refractivity contribution in [3.63, 3.8) is 0 Å². The van der Waals surface area contributed by atoms with Gasteiger partial charge in [-0.15, -0.1) is 0 Å². The average Bonchev–Trinajstić information content (AvgIpc) is 3.15. The van der Waals surface area contributed by atoms with Crippen LogP contribution in [0.2, 0.25) is 0 Å². The standard InChI is InChI=1S/C16H21FN4O2/c1-16(10-18)6-7-21(11-16)8-15-19-14(20-23-15)9-22-13-4-2-12(17)3-5-13/h2-5H,6-11,18H2,1H3. The molecule has 1 aromatic carbocycles. The summed E-state index contributed by atoms with van der Waals surface area (Å²) in [5.74, 6) is 1.32. The van der Waals surface area contributed by atoms with E-state index in [-0.39, 0.29) is 17.8 Å². The highest BCUT2D eigenvalue weighted by Gasteiger charge is 2.33. The van der Waals surface area contributed by atoms with Crippen LogP contribution in [0, 0.1) is 11.2 Å². The van der Waals surface area contributed by atoms with E-state index in [1.807, 2.05) is 0 Å². The first kappa shape index (κ1) is 15.9. The van der Waals surface area contributed by atoms with Gasteiger partial charge in [0.25, 0.3) is 0 Å². The van der Waals surface area contributed by atoms with Crippen LogP contribution < -0.4 is 10.5 Å². The number of likely N-dealkylation sites (tertiary alicyclic amines) is 1. The molecule has 1 aliphatic heterocycles. The summed E-state index contributed by atoms with van der Waals surface area (Å²) in [6.07, 6.45) is 1.08. The quantitative estimate of drug-likeness (QED) is 0.877. The molecule has 0 saturated carbocycles. The van der Waals surface area contributed by atoms with Gasteiger partial charge >= 0.3 is 0 Å². The monoisotopic (exact) mass is 320 g/mol. The van der Waals surface area contributed by atoms with Crippen molar-refractivity contribution in [1.82, 2.24) is 15.0 Å². The summed E-state index contributed by atoms with van der Waals surface area (Å²) in [7, 11) is 0. The molecule has 2 N–H and O–H groups in total. The second-order valence-corrected chi connectivity index (χ2v) is 6.32. The lowest BCUT2D eigenvalue weighted by atomic mass is 9.90. The molecule has 23 heavy (non-hydrogen) atoms. The van der Waals surface area contributed by atoms with E-state index in [1.54, 1.807) is 12.1 Å². The summed E-state index contributed by atoms with van der Waals surface area (Å²) in [4.78, 5) is 6.60. The Morgan fingerprint density at radius 3 is 2.87 bits per heavy atom. The fourth-order valence-electron chi connectivity index (χ4n) is 2.71. The highest BCUT2D eigenvalue weighted by molar-refractivity contribution is 5.22. The first-order valence-corrected chi connectivity index (χ1v) is 7.69. The van der Waals surface area contributed by atoms with Crippen molar-refractivity contribution in [3.8, 4) is 5.75 Å². The normalized spacial score (nSPS) is 21.7. The second kappa shape index (κ2) is 6.64. The van der Waals surface area contributed by atoms with Gasteiger partial charge in [0, 0.05) is 6.54 Å². The van der Waals surface area contributed by atoms with E-state index in [0.717, 1.165) is 19.5 Å². The van der Waals surface area contributed by atoms with Crippen LogP contribution in [0.15, 0.2) is 28.8 Å². The first-order valence-electron chi connectivity index (χ1n) is 7.69. The number of benzene rings is 1. The summed E-state index contributed by atoms with van der Waals surface area (Å²) in [6.45, 7) is 5.62. The molecule has 1 atom stereocenters. The van der Waals surface area contributed by atoms with Gasteiger partial charge in [-0.25, -0.2) is 4.39 Å². The molecule has 0 aliphatic carbocycles. The summed E-state index contributed by atoms with van der Waals surface area (Å²) >= 11 is 0. The summed E-state index contributed by atoms with van der Waals surface area (Å²) in [6, 6.07) is 5.82. The lowest BCUT2D eigenvalue weighted by Gasteiger charge is -2.21. The number of nitrogens with zero attached hydrogens (tertiary/aromatic N) is 3. The number of aromatic nitrogens is 2. The van der Waals surface area contributed by atoms with Gasteiger partial charge < -0.3 is 15.0 Å². The Balaban J connectivity index is 1.51. The summed E-state index contributed by atoms with van der Waals surface area (Å²) in [5.41, 5.74) is 5.99. The molecule has 0 spiro atoms. The van der Waals surface area contributed by atoms with Crippen LogP contribution in [0.5, 0.6) is 5.75 Å². The molecule has 0 bridgehead atoms. The van der Waals surface area contributed by atoms with E-state index in [0.29, 0.717) is 30.6 Å². The zero-order chi connectivity index (χ0) is 16.3. The second-order valence-electron chi connectivity index (χ2n) is 6.32. The zero-order valence-electron chi connectivity index (χ0n) is 13.2. The van der Waals surface area contributed by atoms with Gasteiger partial charge in [0.1, 0.15) is 11.6 Å². The molecule has 1 saturated heterocycles. The SMILES string of the molecule is CC1(CN)CCN(Cc2nc(COc3ccc(F)cc3)no2)C1. The predicted molar refractivity (Wildman–Crippen MR) is 82.1 cm³/mol. The van der Waals surface area contributed by atoms with E-state index in [1.165, 1.54) is 12.1 Å². The minimum absolute atomic E-state index is 0.175. The first-order chi connectivity index (χ1) is 11.1. The third-order valence-corrected chi connectivity index (χ3v) is 4.18. The van der Waals surface area contributed by atoms with Gasteiger partial charge in [0.05, 0.1) is 6.54 Å². The van der Waals surface area contributed by atoms with Gasteiger partial charge in [-0.1, -0.05) is 12.1 Å². The van der Waals surface area contributed by atoms with Crippen LogP contribution in [0.4, 0.5) is 4.39 Å². The molecule has 6 nitrogen and oxygen atoms in total. The van der Waals surface area contributed by atoms with Gasteiger partial charge in [-0.2, -0.15) is 4.98 Å². The van der Waals surface area contributed by atoms with E-state index in [9.17, 15) is 4.39 Å². The van der Waals surface area contributed by atoms with Crippen LogP contribution in [0.3, 0.4) is 0 Å². The van der Waals surface area contributed by atoms with Crippen LogP contribution in [0.1, 0.15) is 25.1 Å². The van der Waals surface area contributed by atoms with Gasteiger partial charge in [-0.05, 0) is 49.2 Å². The van der Waals surface area contributed by atoms with Crippen LogP contribution in [0.25, 0.3) is 0 Å². The van der Waals surface area contributed by atoms with E-state index >= 15 is 0 Å².